The molecule has 0 aromatic heterocycles. The van der Waals surface area contributed by atoms with E-state index in [-0.39, 0.29) is 0 Å². The molecule has 4 nitrogen and oxygen atoms in total. The second-order valence-electron chi connectivity index (χ2n) is 2.14. The fraction of sp³-hybridized carbons (Fsp3) is 0.600. The lowest BCUT2D eigenvalue weighted by Crippen LogP contribution is -2.35. The largest absolute Gasteiger partial charge is 0.312 e. The lowest BCUT2D eigenvalue weighted by Gasteiger charge is -2.13. The van der Waals surface area contributed by atoms with Crippen molar-refractivity contribution in [3.8, 4) is 0 Å². The third-order valence-electron chi connectivity index (χ3n) is 1.34. The third kappa shape index (κ3) is 1.80. The van der Waals surface area contributed by atoms with E-state index in [0.29, 0.717) is 13.1 Å². The van der Waals surface area contributed by atoms with Crippen LogP contribution in [-0.4, -0.2) is 31.3 Å². The van der Waals surface area contributed by atoms with Crippen LogP contribution in [0.2, 0.25) is 0 Å². The van der Waals surface area contributed by atoms with Gasteiger partial charge in [-0.15, -0.1) is 0 Å². The van der Waals surface area contributed by atoms with Crippen molar-refractivity contribution >= 4 is 10.1 Å². The van der Waals surface area contributed by atoms with E-state index in [4.69, 9.17) is 4.55 Å². The maximum Gasteiger partial charge on any atom is 0.272 e. The molecular weight excluding hydrogens is 154 g/mol. The molecule has 1 atom stereocenters. The molecule has 2 N–H and O–H groups in total. The fourth-order valence-corrected chi connectivity index (χ4v) is 1.44. The molecule has 1 unspecified atom stereocenters. The highest BCUT2D eigenvalue weighted by Crippen LogP contribution is 2.01. The Hall–Kier alpha value is -0.390. The van der Waals surface area contributed by atoms with Gasteiger partial charge in [-0.2, -0.15) is 8.42 Å². The van der Waals surface area contributed by atoms with Crippen molar-refractivity contribution in [3.05, 3.63) is 12.2 Å². The summed E-state index contributed by atoms with van der Waals surface area (Å²) >= 11 is 0. The quantitative estimate of drug-likeness (QED) is 0.400. The normalized spacial score (nSPS) is 26.7. The van der Waals surface area contributed by atoms with Crippen LogP contribution in [0.15, 0.2) is 12.2 Å². The van der Waals surface area contributed by atoms with Crippen LogP contribution in [0.3, 0.4) is 0 Å². The monoisotopic (exact) mass is 163 g/mol. The molecule has 1 rings (SSSR count). The van der Waals surface area contributed by atoms with E-state index in [2.05, 4.69) is 5.32 Å². The predicted molar refractivity (Wildman–Crippen MR) is 37.3 cm³/mol. The zero-order valence-corrected chi connectivity index (χ0v) is 6.13. The molecule has 0 spiro atoms. The Morgan fingerprint density at radius 1 is 1.60 bits per heavy atom. The zero-order chi connectivity index (χ0) is 7.61. The second kappa shape index (κ2) is 2.69. The van der Waals surface area contributed by atoms with Crippen LogP contribution in [0.25, 0.3) is 0 Å². The minimum absolute atomic E-state index is 0.301. The highest BCUT2D eigenvalue weighted by Gasteiger charge is 2.20. The molecule has 0 radical (unpaired) electrons. The number of nitrogens with one attached hydrogen (secondary N) is 1. The van der Waals surface area contributed by atoms with Crippen LogP contribution in [0, 0.1) is 0 Å². The summed E-state index contributed by atoms with van der Waals surface area (Å²) in [5, 5.41) is 2.05. The van der Waals surface area contributed by atoms with Gasteiger partial charge in [0.25, 0.3) is 10.1 Å². The molecule has 0 aliphatic carbocycles. The SMILES string of the molecule is O=S(=O)(O)C1C=CCNC1. The number of hydrogen-bond donors (Lipinski definition) is 2. The van der Waals surface area contributed by atoms with Crippen LogP contribution in [-0.2, 0) is 10.1 Å². The molecule has 5 heteroatoms. The third-order valence-corrected chi connectivity index (χ3v) is 2.43. The van der Waals surface area contributed by atoms with Gasteiger partial charge in [-0.25, -0.2) is 0 Å². The van der Waals surface area contributed by atoms with Crippen LogP contribution in [0.4, 0.5) is 0 Å². The summed E-state index contributed by atoms with van der Waals surface area (Å²) in [7, 11) is -3.88. The molecule has 0 bridgehead atoms. The molecule has 58 valence electrons. The molecule has 10 heavy (non-hydrogen) atoms. The van der Waals surface area contributed by atoms with E-state index in [1.165, 1.54) is 6.08 Å². The van der Waals surface area contributed by atoms with Gasteiger partial charge in [0.15, 0.2) is 0 Å². The summed E-state index contributed by atoms with van der Waals surface area (Å²) in [5.41, 5.74) is 0. The second-order valence-corrected chi connectivity index (χ2v) is 3.78. The van der Waals surface area contributed by atoms with Crippen molar-refractivity contribution < 1.29 is 13.0 Å². The molecule has 1 aliphatic rings. The van der Waals surface area contributed by atoms with Gasteiger partial charge in [-0.3, -0.25) is 4.55 Å². The van der Waals surface area contributed by atoms with Crippen LogP contribution < -0.4 is 5.32 Å². The van der Waals surface area contributed by atoms with Gasteiger partial charge in [-0.1, -0.05) is 12.2 Å². The molecule has 0 saturated heterocycles. The Kier molecular flexibility index (Phi) is 2.08. The maximum absolute atomic E-state index is 10.5. The van der Waals surface area contributed by atoms with Crippen LogP contribution in [0.1, 0.15) is 0 Å². The summed E-state index contributed by atoms with van der Waals surface area (Å²) in [6, 6.07) is 0. The minimum Gasteiger partial charge on any atom is -0.312 e. The van der Waals surface area contributed by atoms with Gasteiger partial charge >= 0.3 is 0 Å². The number of hydrogen-bond acceptors (Lipinski definition) is 3. The fourth-order valence-electron chi connectivity index (χ4n) is 0.801. The predicted octanol–water partition coefficient (Wildman–Crippen LogP) is -0.598. The van der Waals surface area contributed by atoms with Gasteiger partial charge < -0.3 is 5.32 Å². The molecule has 1 aliphatic heterocycles. The Morgan fingerprint density at radius 2 is 2.30 bits per heavy atom. The van der Waals surface area contributed by atoms with Crippen molar-refractivity contribution in [1.29, 1.82) is 0 Å². The first-order valence-corrected chi connectivity index (χ1v) is 4.45. The summed E-state index contributed by atoms with van der Waals surface area (Å²) in [5.74, 6) is 0. The van der Waals surface area contributed by atoms with Crippen molar-refractivity contribution in [2.24, 2.45) is 0 Å². The van der Waals surface area contributed by atoms with Crippen molar-refractivity contribution in [1.82, 2.24) is 5.32 Å². The van der Waals surface area contributed by atoms with E-state index >= 15 is 0 Å². The average molecular weight is 163 g/mol. The Labute approximate surface area is 59.7 Å². The minimum atomic E-state index is -3.88. The summed E-state index contributed by atoms with van der Waals surface area (Å²) in [6.07, 6.45) is 3.17. The summed E-state index contributed by atoms with van der Waals surface area (Å²) in [4.78, 5) is 0. The van der Waals surface area contributed by atoms with Gasteiger partial charge in [0.1, 0.15) is 5.25 Å². The van der Waals surface area contributed by atoms with Crippen molar-refractivity contribution in [2.45, 2.75) is 5.25 Å². The first-order valence-electron chi connectivity index (χ1n) is 2.94. The van der Waals surface area contributed by atoms with E-state index in [0.717, 1.165) is 0 Å². The summed E-state index contributed by atoms with van der Waals surface area (Å²) in [6.45, 7) is 0.974. The standard InChI is InChI=1S/C5H9NO3S/c7-10(8,9)5-2-1-3-6-4-5/h1-2,5-6H,3-4H2,(H,7,8,9). The topological polar surface area (TPSA) is 66.4 Å². The van der Waals surface area contributed by atoms with Crippen molar-refractivity contribution in [2.75, 3.05) is 13.1 Å². The molecule has 0 amide bonds. The summed E-state index contributed by atoms with van der Waals surface area (Å²) < 4.78 is 29.4. The highest BCUT2D eigenvalue weighted by molar-refractivity contribution is 7.86. The zero-order valence-electron chi connectivity index (χ0n) is 5.32. The van der Waals surface area contributed by atoms with Gasteiger partial charge in [0.2, 0.25) is 0 Å². The Bertz CT molecular complexity index is 231. The lowest BCUT2D eigenvalue weighted by atomic mass is 10.3. The smallest absolute Gasteiger partial charge is 0.272 e. The van der Waals surface area contributed by atoms with Crippen LogP contribution >= 0.6 is 0 Å². The van der Waals surface area contributed by atoms with Gasteiger partial charge in [0.05, 0.1) is 0 Å². The Morgan fingerprint density at radius 3 is 2.60 bits per heavy atom. The molecule has 0 aromatic rings. The van der Waals surface area contributed by atoms with Gasteiger partial charge in [0, 0.05) is 13.1 Å². The molecular formula is C5H9NO3S. The first kappa shape index (κ1) is 7.71. The van der Waals surface area contributed by atoms with E-state index < -0.39 is 15.4 Å². The molecule has 0 fully saturated rings. The van der Waals surface area contributed by atoms with Gasteiger partial charge in [-0.05, 0) is 0 Å². The molecule has 0 aromatic carbocycles. The van der Waals surface area contributed by atoms with E-state index in [9.17, 15) is 8.42 Å². The lowest BCUT2D eigenvalue weighted by molar-refractivity contribution is 0.470. The van der Waals surface area contributed by atoms with E-state index in [1.807, 2.05) is 0 Å². The average Bonchev–Trinajstić information content (AvgIpc) is 1.88. The number of rotatable bonds is 1. The molecule has 0 saturated carbocycles. The maximum atomic E-state index is 10.5. The van der Waals surface area contributed by atoms with Crippen molar-refractivity contribution in [3.63, 3.8) is 0 Å². The first-order chi connectivity index (χ1) is 4.61. The molecule has 1 heterocycles. The Balaban J connectivity index is 2.74. The van der Waals surface area contributed by atoms with E-state index in [1.54, 1.807) is 6.08 Å². The highest BCUT2D eigenvalue weighted by atomic mass is 32.2. The van der Waals surface area contributed by atoms with Crippen LogP contribution in [0.5, 0.6) is 0 Å².